The molecule has 0 bridgehead atoms. The predicted octanol–water partition coefficient (Wildman–Crippen LogP) is 3.54. The third kappa shape index (κ3) is 6.37. The fraction of sp³-hybridized carbons (Fsp3) is 0.400. The van der Waals surface area contributed by atoms with Gasteiger partial charge in [0, 0.05) is 25.4 Å². The molecule has 2 amide bonds. The molecule has 0 radical (unpaired) electrons. The van der Waals surface area contributed by atoms with E-state index in [4.69, 9.17) is 10.7 Å². The van der Waals surface area contributed by atoms with Crippen molar-refractivity contribution in [2.45, 2.75) is 58.0 Å². The van der Waals surface area contributed by atoms with Gasteiger partial charge in [0.2, 0.25) is 11.8 Å². The van der Waals surface area contributed by atoms with E-state index in [0.29, 0.717) is 31.7 Å². The first-order chi connectivity index (χ1) is 15.4. The van der Waals surface area contributed by atoms with Crippen LogP contribution in [0.3, 0.4) is 0 Å². The lowest BCUT2D eigenvalue weighted by atomic mass is 10.0. The molecule has 0 aliphatic carbocycles. The maximum atomic E-state index is 13.1. The van der Waals surface area contributed by atoms with Crippen molar-refractivity contribution < 1.29 is 9.59 Å². The summed E-state index contributed by atoms with van der Waals surface area (Å²) >= 11 is 1.57. The molecule has 6 nitrogen and oxygen atoms in total. The molecule has 3 aromatic rings. The topological polar surface area (TPSA) is 97.1 Å². The van der Waals surface area contributed by atoms with Gasteiger partial charge in [0.05, 0.1) is 15.2 Å². The van der Waals surface area contributed by atoms with Gasteiger partial charge < -0.3 is 16.4 Å². The smallest absolute Gasteiger partial charge is 0.243 e. The number of carbonyl (C=O) groups is 2. The molecule has 0 aliphatic heterocycles. The Morgan fingerprint density at radius 1 is 1.06 bits per heavy atom. The lowest BCUT2D eigenvalue weighted by molar-refractivity contribution is -0.129. The van der Waals surface area contributed by atoms with Gasteiger partial charge in [0.1, 0.15) is 6.04 Å². The van der Waals surface area contributed by atoms with Crippen LogP contribution in [0.2, 0.25) is 0 Å². The lowest BCUT2D eigenvalue weighted by Gasteiger charge is -2.22. The number of carbonyl (C=O) groups excluding carboxylic acids is 2. The van der Waals surface area contributed by atoms with Crippen molar-refractivity contribution in [3.63, 3.8) is 0 Å². The first kappa shape index (κ1) is 23.9. The number of fused-ring (bicyclic) bond motifs is 1. The third-order valence-electron chi connectivity index (χ3n) is 5.43. The van der Waals surface area contributed by atoms with Crippen molar-refractivity contribution in [1.29, 1.82) is 0 Å². The van der Waals surface area contributed by atoms with E-state index in [2.05, 4.69) is 36.6 Å². The molecule has 2 atom stereocenters. The molecule has 0 saturated carbocycles. The van der Waals surface area contributed by atoms with Crippen molar-refractivity contribution in [3.05, 3.63) is 64.7 Å². The van der Waals surface area contributed by atoms with Crippen molar-refractivity contribution in [2.24, 2.45) is 5.73 Å². The van der Waals surface area contributed by atoms with Crippen LogP contribution >= 0.6 is 11.3 Å². The zero-order valence-corrected chi connectivity index (χ0v) is 19.7. The summed E-state index contributed by atoms with van der Waals surface area (Å²) in [5.74, 6) is 0.0335. The number of hydrogen-bond acceptors (Lipinski definition) is 5. The quantitative estimate of drug-likeness (QED) is 0.438. The highest BCUT2D eigenvalue weighted by Gasteiger charge is 2.24. The minimum Gasteiger partial charge on any atom is -0.350 e. The first-order valence-electron chi connectivity index (χ1n) is 11.1. The number of hydrogen-bond donors (Lipinski definition) is 3. The number of thiazole rings is 1. The minimum atomic E-state index is -0.697. The third-order valence-corrected chi connectivity index (χ3v) is 6.47. The van der Waals surface area contributed by atoms with Crippen LogP contribution in [-0.2, 0) is 22.4 Å². The largest absolute Gasteiger partial charge is 0.350 e. The minimum absolute atomic E-state index is 0.166. The Morgan fingerprint density at radius 3 is 2.47 bits per heavy atom. The van der Waals surface area contributed by atoms with E-state index in [0.717, 1.165) is 20.8 Å². The Balaban J connectivity index is 1.75. The second-order valence-corrected chi connectivity index (χ2v) is 9.41. The average Bonchev–Trinajstić information content (AvgIpc) is 3.20. The van der Waals surface area contributed by atoms with Gasteiger partial charge in [0.15, 0.2) is 0 Å². The van der Waals surface area contributed by atoms with Crippen LogP contribution < -0.4 is 16.4 Å². The Kier molecular flexibility index (Phi) is 8.36. The van der Waals surface area contributed by atoms with Gasteiger partial charge in [-0.2, -0.15) is 0 Å². The first-order valence-corrected chi connectivity index (χ1v) is 11.9. The second-order valence-electron chi connectivity index (χ2n) is 8.30. The van der Waals surface area contributed by atoms with E-state index in [1.165, 1.54) is 5.56 Å². The zero-order valence-electron chi connectivity index (χ0n) is 18.9. The average molecular weight is 453 g/mol. The van der Waals surface area contributed by atoms with Crippen LogP contribution in [0.4, 0.5) is 0 Å². The van der Waals surface area contributed by atoms with Crippen molar-refractivity contribution in [3.8, 4) is 0 Å². The monoisotopic (exact) mass is 452 g/mol. The molecule has 7 heteroatoms. The van der Waals surface area contributed by atoms with Crippen LogP contribution in [0.25, 0.3) is 10.2 Å². The molecular formula is C25H32N4O2S. The van der Waals surface area contributed by atoms with Gasteiger partial charge in [-0.05, 0) is 35.6 Å². The van der Waals surface area contributed by atoms with E-state index in [1.54, 1.807) is 18.3 Å². The lowest BCUT2D eigenvalue weighted by Crippen LogP contribution is -2.52. The number of nitrogens with one attached hydrogen (secondary N) is 2. The van der Waals surface area contributed by atoms with Gasteiger partial charge in [-0.1, -0.05) is 57.2 Å². The fourth-order valence-corrected chi connectivity index (χ4v) is 4.57. The van der Waals surface area contributed by atoms with E-state index >= 15 is 0 Å². The summed E-state index contributed by atoms with van der Waals surface area (Å²) in [5, 5.41) is 6.70. The Hall–Kier alpha value is -2.77. The maximum Gasteiger partial charge on any atom is 0.243 e. The Morgan fingerprint density at radius 2 is 1.81 bits per heavy atom. The summed E-state index contributed by atoms with van der Waals surface area (Å²) in [5.41, 5.74) is 9.20. The number of nitrogens with zero attached hydrogens (tertiary/aromatic N) is 1. The summed E-state index contributed by atoms with van der Waals surface area (Å²) in [6, 6.07) is 15.3. The SMILES string of the molecule is CCC(=O)N[C@H](Cc1nc2ccc(C(C)C)cc2s1)C(=O)N[C@H](CN)Cc1ccccc1. The van der Waals surface area contributed by atoms with Crippen LogP contribution in [0.15, 0.2) is 48.5 Å². The van der Waals surface area contributed by atoms with Gasteiger partial charge in [0.25, 0.3) is 0 Å². The number of nitrogens with two attached hydrogens (primary N) is 1. The zero-order chi connectivity index (χ0) is 23.1. The number of rotatable bonds is 10. The summed E-state index contributed by atoms with van der Waals surface area (Å²) < 4.78 is 1.09. The molecule has 0 aliphatic rings. The van der Waals surface area contributed by atoms with Crippen LogP contribution in [-0.4, -0.2) is 35.4 Å². The number of aromatic nitrogens is 1. The molecule has 0 saturated heterocycles. The van der Waals surface area contributed by atoms with E-state index < -0.39 is 6.04 Å². The summed E-state index contributed by atoms with van der Waals surface area (Å²) in [6.45, 7) is 6.40. The molecular weight excluding hydrogens is 420 g/mol. The highest BCUT2D eigenvalue weighted by Crippen LogP contribution is 2.27. The normalized spacial score (nSPS) is 13.2. The highest BCUT2D eigenvalue weighted by atomic mass is 32.1. The van der Waals surface area contributed by atoms with Gasteiger partial charge in [-0.3, -0.25) is 9.59 Å². The Bertz CT molecular complexity index is 1050. The van der Waals surface area contributed by atoms with Crippen molar-refractivity contribution in [2.75, 3.05) is 6.54 Å². The molecule has 4 N–H and O–H groups in total. The molecule has 0 spiro atoms. The predicted molar refractivity (Wildman–Crippen MR) is 131 cm³/mol. The fourth-order valence-electron chi connectivity index (χ4n) is 3.51. The van der Waals surface area contributed by atoms with E-state index in [9.17, 15) is 9.59 Å². The van der Waals surface area contributed by atoms with Crippen LogP contribution in [0.1, 0.15) is 49.2 Å². The molecule has 3 rings (SSSR count). The number of benzene rings is 2. The second kappa shape index (κ2) is 11.2. The standard InChI is InChI=1S/C25H32N4O2S/c1-4-23(30)28-21(25(31)27-19(15-26)12-17-8-6-5-7-9-17)14-24-29-20-11-10-18(16(2)3)13-22(20)32-24/h5-11,13,16,19,21H,4,12,14-15,26H2,1-3H3,(H,27,31)(H,28,30)/t19-,21+/m0/s1. The van der Waals surface area contributed by atoms with Gasteiger partial charge in [-0.25, -0.2) is 4.98 Å². The summed E-state index contributed by atoms with van der Waals surface area (Å²) in [4.78, 5) is 29.9. The molecule has 0 fully saturated rings. The molecule has 2 aromatic carbocycles. The number of amides is 2. The Labute approximate surface area is 193 Å². The van der Waals surface area contributed by atoms with Crippen molar-refractivity contribution >= 4 is 33.4 Å². The molecule has 0 unspecified atom stereocenters. The van der Waals surface area contributed by atoms with Gasteiger partial charge >= 0.3 is 0 Å². The molecule has 1 aromatic heterocycles. The molecule has 170 valence electrons. The molecule has 1 heterocycles. The summed E-state index contributed by atoms with van der Waals surface area (Å²) in [6.07, 6.45) is 1.29. The molecule has 32 heavy (non-hydrogen) atoms. The van der Waals surface area contributed by atoms with Gasteiger partial charge in [-0.15, -0.1) is 11.3 Å². The van der Waals surface area contributed by atoms with Crippen LogP contribution in [0.5, 0.6) is 0 Å². The van der Waals surface area contributed by atoms with Crippen LogP contribution in [0, 0.1) is 0 Å². The van der Waals surface area contributed by atoms with E-state index in [-0.39, 0.29) is 17.9 Å². The van der Waals surface area contributed by atoms with Crippen molar-refractivity contribution in [1.82, 2.24) is 15.6 Å². The maximum absolute atomic E-state index is 13.1. The van der Waals surface area contributed by atoms with E-state index in [1.807, 2.05) is 36.4 Å². The summed E-state index contributed by atoms with van der Waals surface area (Å²) in [7, 11) is 0. The highest BCUT2D eigenvalue weighted by molar-refractivity contribution is 7.18.